The maximum absolute atomic E-state index is 6.31. The van der Waals surface area contributed by atoms with Gasteiger partial charge in [0.25, 0.3) is 0 Å². The van der Waals surface area contributed by atoms with Crippen molar-refractivity contribution in [3.8, 4) is 0 Å². The SMILES string of the molecule is Cc1cccc2c1nc(C(C)Cl)n2CCc1ccsc1. The lowest BCUT2D eigenvalue weighted by Crippen LogP contribution is -2.06. The van der Waals surface area contributed by atoms with Gasteiger partial charge >= 0.3 is 0 Å². The number of thiophene rings is 1. The quantitative estimate of drug-likeness (QED) is 0.624. The number of benzene rings is 1. The molecule has 2 heterocycles. The average molecular weight is 305 g/mol. The third-order valence-electron chi connectivity index (χ3n) is 3.57. The first-order valence-electron chi connectivity index (χ1n) is 6.77. The van der Waals surface area contributed by atoms with Crippen LogP contribution in [0.25, 0.3) is 11.0 Å². The highest BCUT2D eigenvalue weighted by Gasteiger charge is 2.15. The summed E-state index contributed by atoms with van der Waals surface area (Å²) in [6.45, 7) is 5.00. The monoisotopic (exact) mass is 304 g/mol. The Labute approximate surface area is 128 Å². The van der Waals surface area contributed by atoms with Crippen LogP contribution >= 0.6 is 22.9 Å². The number of nitrogens with zero attached hydrogens (tertiary/aromatic N) is 2. The van der Waals surface area contributed by atoms with Crippen molar-refractivity contribution in [3.05, 3.63) is 52.0 Å². The zero-order valence-corrected chi connectivity index (χ0v) is 13.2. The summed E-state index contributed by atoms with van der Waals surface area (Å²) in [6.07, 6.45) is 1.01. The van der Waals surface area contributed by atoms with Crippen LogP contribution in [0.2, 0.25) is 0 Å². The number of halogens is 1. The first kappa shape index (κ1) is 13.7. The molecule has 0 saturated heterocycles. The summed E-state index contributed by atoms with van der Waals surface area (Å²) in [5.74, 6) is 0.964. The van der Waals surface area contributed by atoms with Crippen LogP contribution in [0, 0.1) is 6.92 Å². The molecule has 1 atom stereocenters. The molecule has 2 nitrogen and oxygen atoms in total. The van der Waals surface area contributed by atoms with Gasteiger partial charge in [-0.15, -0.1) is 11.6 Å². The molecule has 104 valence electrons. The first-order valence-corrected chi connectivity index (χ1v) is 8.15. The van der Waals surface area contributed by atoms with E-state index >= 15 is 0 Å². The lowest BCUT2D eigenvalue weighted by atomic mass is 10.2. The number of fused-ring (bicyclic) bond motifs is 1. The van der Waals surface area contributed by atoms with Gasteiger partial charge in [0.15, 0.2) is 0 Å². The number of hydrogen-bond acceptors (Lipinski definition) is 2. The van der Waals surface area contributed by atoms with Crippen molar-refractivity contribution < 1.29 is 0 Å². The molecule has 0 saturated carbocycles. The molecular formula is C16H17ClN2S. The second-order valence-electron chi connectivity index (χ2n) is 5.06. The predicted octanol–water partition coefficient (Wildman–Crippen LogP) is 4.95. The fraction of sp³-hybridized carbons (Fsp3) is 0.312. The molecule has 4 heteroatoms. The smallest absolute Gasteiger partial charge is 0.127 e. The minimum Gasteiger partial charge on any atom is -0.326 e. The van der Waals surface area contributed by atoms with Crippen molar-refractivity contribution in [2.75, 3.05) is 0 Å². The van der Waals surface area contributed by atoms with Gasteiger partial charge in [-0.05, 0) is 54.3 Å². The molecule has 0 N–H and O–H groups in total. The largest absolute Gasteiger partial charge is 0.326 e. The van der Waals surface area contributed by atoms with Crippen LogP contribution in [-0.2, 0) is 13.0 Å². The molecule has 0 bridgehead atoms. The van der Waals surface area contributed by atoms with Gasteiger partial charge in [0.05, 0.1) is 16.4 Å². The number of imidazole rings is 1. The van der Waals surface area contributed by atoms with E-state index in [1.807, 2.05) is 6.92 Å². The Hall–Kier alpha value is -1.32. The molecule has 0 amide bonds. The third kappa shape index (κ3) is 2.48. The molecule has 0 aliphatic carbocycles. The fourth-order valence-corrected chi connectivity index (χ4v) is 3.39. The highest BCUT2D eigenvalue weighted by Crippen LogP contribution is 2.26. The molecule has 20 heavy (non-hydrogen) atoms. The molecule has 2 aromatic heterocycles. The lowest BCUT2D eigenvalue weighted by Gasteiger charge is -2.10. The molecular weight excluding hydrogens is 288 g/mol. The Kier molecular flexibility index (Phi) is 3.81. The maximum Gasteiger partial charge on any atom is 0.127 e. The molecule has 3 rings (SSSR count). The van der Waals surface area contributed by atoms with E-state index in [1.165, 1.54) is 16.6 Å². The Morgan fingerprint density at radius 3 is 2.90 bits per heavy atom. The Balaban J connectivity index is 2.02. The van der Waals surface area contributed by atoms with E-state index in [0.717, 1.165) is 24.3 Å². The molecule has 0 radical (unpaired) electrons. The van der Waals surface area contributed by atoms with Crippen LogP contribution in [0.3, 0.4) is 0 Å². The van der Waals surface area contributed by atoms with Gasteiger partial charge in [-0.1, -0.05) is 12.1 Å². The standard InChI is InChI=1S/C16H17ClN2S/c1-11-4-3-5-14-15(11)18-16(12(2)17)19(14)8-6-13-7-9-20-10-13/h3-5,7,9-10,12H,6,8H2,1-2H3. The summed E-state index contributed by atoms with van der Waals surface area (Å²) in [6, 6.07) is 8.49. The zero-order chi connectivity index (χ0) is 14.1. The summed E-state index contributed by atoms with van der Waals surface area (Å²) < 4.78 is 2.26. The van der Waals surface area contributed by atoms with Crippen LogP contribution in [0.4, 0.5) is 0 Å². The summed E-state index contributed by atoms with van der Waals surface area (Å²) in [5.41, 5.74) is 4.83. The number of hydrogen-bond donors (Lipinski definition) is 0. The second-order valence-corrected chi connectivity index (χ2v) is 6.50. The molecule has 0 fully saturated rings. The minimum atomic E-state index is -0.0794. The lowest BCUT2D eigenvalue weighted by molar-refractivity contribution is 0.669. The van der Waals surface area contributed by atoms with E-state index in [0.29, 0.717) is 0 Å². The number of aromatic nitrogens is 2. The number of rotatable bonds is 4. The van der Waals surface area contributed by atoms with Gasteiger partial charge in [-0.2, -0.15) is 11.3 Å². The summed E-state index contributed by atoms with van der Waals surface area (Å²) >= 11 is 8.05. The molecule has 0 aliphatic rings. The highest BCUT2D eigenvalue weighted by molar-refractivity contribution is 7.07. The van der Waals surface area contributed by atoms with Crippen LogP contribution in [0.15, 0.2) is 35.0 Å². The zero-order valence-electron chi connectivity index (χ0n) is 11.6. The van der Waals surface area contributed by atoms with Gasteiger partial charge < -0.3 is 4.57 Å². The molecule has 3 aromatic rings. The van der Waals surface area contributed by atoms with Gasteiger partial charge in [0, 0.05) is 6.54 Å². The van der Waals surface area contributed by atoms with Crippen LogP contribution < -0.4 is 0 Å². The minimum absolute atomic E-state index is 0.0794. The highest BCUT2D eigenvalue weighted by atomic mass is 35.5. The normalized spacial score (nSPS) is 12.9. The van der Waals surface area contributed by atoms with Crippen molar-refractivity contribution in [2.24, 2.45) is 0 Å². The Morgan fingerprint density at radius 2 is 2.20 bits per heavy atom. The molecule has 1 aromatic carbocycles. The van der Waals surface area contributed by atoms with Gasteiger partial charge in [0.2, 0.25) is 0 Å². The fourth-order valence-electron chi connectivity index (χ4n) is 2.52. The number of aryl methyl sites for hydroxylation is 3. The molecule has 1 unspecified atom stereocenters. The van der Waals surface area contributed by atoms with Gasteiger partial charge in [-0.3, -0.25) is 0 Å². The van der Waals surface area contributed by atoms with Crippen molar-refractivity contribution in [1.82, 2.24) is 9.55 Å². The predicted molar refractivity (Wildman–Crippen MR) is 86.8 cm³/mol. The van der Waals surface area contributed by atoms with Crippen molar-refractivity contribution in [1.29, 1.82) is 0 Å². The van der Waals surface area contributed by atoms with E-state index in [2.05, 4.69) is 46.5 Å². The first-order chi connectivity index (χ1) is 9.66. The maximum atomic E-state index is 6.31. The van der Waals surface area contributed by atoms with Crippen LogP contribution in [-0.4, -0.2) is 9.55 Å². The Bertz CT molecular complexity index is 713. The summed E-state index contributed by atoms with van der Waals surface area (Å²) in [4.78, 5) is 4.75. The van der Waals surface area contributed by atoms with Crippen molar-refractivity contribution in [3.63, 3.8) is 0 Å². The summed E-state index contributed by atoms with van der Waals surface area (Å²) in [7, 11) is 0. The molecule has 0 spiro atoms. The van der Waals surface area contributed by atoms with E-state index < -0.39 is 0 Å². The summed E-state index contributed by atoms with van der Waals surface area (Å²) in [5, 5.41) is 4.24. The second kappa shape index (κ2) is 5.58. The van der Waals surface area contributed by atoms with E-state index in [-0.39, 0.29) is 5.38 Å². The van der Waals surface area contributed by atoms with E-state index in [9.17, 15) is 0 Å². The van der Waals surface area contributed by atoms with Crippen LogP contribution in [0.5, 0.6) is 0 Å². The molecule has 0 aliphatic heterocycles. The Morgan fingerprint density at radius 1 is 1.35 bits per heavy atom. The average Bonchev–Trinajstić information content (AvgIpc) is 3.03. The van der Waals surface area contributed by atoms with Crippen LogP contribution in [0.1, 0.15) is 29.3 Å². The third-order valence-corrected chi connectivity index (χ3v) is 4.50. The van der Waals surface area contributed by atoms with E-state index in [4.69, 9.17) is 16.6 Å². The van der Waals surface area contributed by atoms with Crippen molar-refractivity contribution in [2.45, 2.75) is 32.2 Å². The van der Waals surface area contributed by atoms with E-state index in [1.54, 1.807) is 11.3 Å². The number of para-hydroxylation sites is 1. The van der Waals surface area contributed by atoms with Gasteiger partial charge in [-0.25, -0.2) is 4.98 Å². The number of alkyl halides is 1. The topological polar surface area (TPSA) is 17.8 Å². The van der Waals surface area contributed by atoms with Gasteiger partial charge in [0.1, 0.15) is 5.82 Å². The van der Waals surface area contributed by atoms with Crippen molar-refractivity contribution >= 4 is 34.0 Å².